The Labute approximate surface area is 111 Å². The molecule has 2 aromatic heterocycles. The molecule has 2 rings (SSSR count). The Morgan fingerprint density at radius 3 is 2.71 bits per heavy atom. The largest absolute Gasteiger partial charge is 0.304 e. The Morgan fingerprint density at radius 1 is 1.35 bits per heavy atom. The molecule has 1 atom stereocenters. The molecule has 17 heavy (non-hydrogen) atoms. The summed E-state index contributed by atoms with van der Waals surface area (Å²) in [7, 11) is 0. The highest BCUT2D eigenvalue weighted by Gasteiger charge is 2.08. The average Bonchev–Trinajstić information content (AvgIpc) is 2.94. The summed E-state index contributed by atoms with van der Waals surface area (Å²) in [5, 5.41) is 6.80. The lowest BCUT2D eigenvalue weighted by Crippen LogP contribution is -2.17. The summed E-state index contributed by atoms with van der Waals surface area (Å²) in [6.07, 6.45) is 1.13. The van der Waals surface area contributed by atoms with Crippen molar-refractivity contribution < 1.29 is 0 Å². The first kappa shape index (κ1) is 12.7. The van der Waals surface area contributed by atoms with Crippen molar-refractivity contribution >= 4 is 22.7 Å². The summed E-state index contributed by atoms with van der Waals surface area (Å²) in [6.45, 7) is 7.35. The molecular formula is C13H18N2S2. The fourth-order valence-corrected chi connectivity index (χ4v) is 3.26. The molecule has 0 saturated carbocycles. The lowest BCUT2D eigenvalue weighted by Gasteiger charge is -2.10. The Balaban J connectivity index is 1.89. The minimum absolute atomic E-state index is 0.326. The molecule has 4 heteroatoms. The monoisotopic (exact) mass is 266 g/mol. The maximum absolute atomic E-state index is 4.50. The van der Waals surface area contributed by atoms with Gasteiger partial charge in [-0.15, -0.1) is 22.7 Å². The smallest absolute Gasteiger partial charge is 0.0898 e. The highest BCUT2D eigenvalue weighted by molar-refractivity contribution is 7.12. The number of hydrogen-bond donors (Lipinski definition) is 1. The van der Waals surface area contributed by atoms with Crippen molar-refractivity contribution in [2.45, 2.75) is 39.8 Å². The molecule has 92 valence electrons. The second kappa shape index (κ2) is 5.76. The van der Waals surface area contributed by atoms with Crippen LogP contribution >= 0.6 is 22.7 Å². The zero-order valence-electron chi connectivity index (χ0n) is 10.5. The van der Waals surface area contributed by atoms with Crippen LogP contribution in [0.25, 0.3) is 0 Å². The highest BCUT2D eigenvalue weighted by Crippen LogP contribution is 2.19. The third kappa shape index (κ3) is 3.37. The molecule has 0 radical (unpaired) electrons. The molecule has 1 N–H and O–H groups in total. The first-order valence-electron chi connectivity index (χ1n) is 5.92. The van der Waals surface area contributed by atoms with Crippen LogP contribution in [0.15, 0.2) is 17.5 Å². The summed E-state index contributed by atoms with van der Waals surface area (Å²) in [5.41, 5.74) is 1.15. The van der Waals surface area contributed by atoms with Gasteiger partial charge in [0.25, 0.3) is 0 Å². The second-order valence-corrected chi connectivity index (χ2v) is 6.43. The zero-order chi connectivity index (χ0) is 12.3. The fourth-order valence-electron chi connectivity index (χ4n) is 1.64. The van der Waals surface area contributed by atoms with Crippen molar-refractivity contribution in [1.82, 2.24) is 10.3 Å². The summed E-state index contributed by atoms with van der Waals surface area (Å²) in [6, 6.07) is 4.77. The molecule has 0 aliphatic rings. The maximum atomic E-state index is 4.50. The van der Waals surface area contributed by atoms with E-state index in [1.54, 1.807) is 11.3 Å². The van der Waals surface area contributed by atoms with Crippen LogP contribution in [0.1, 0.15) is 40.3 Å². The van der Waals surface area contributed by atoms with E-state index in [0.29, 0.717) is 6.04 Å². The summed E-state index contributed by atoms with van der Waals surface area (Å²) < 4.78 is 0. The zero-order valence-corrected chi connectivity index (χ0v) is 12.1. The van der Waals surface area contributed by atoms with Crippen LogP contribution in [0, 0.1) is 6.92 Å². The van der Waals surface area contributed by atoms with Gasteiger partial charge in [-0.1, -0.05) is 6.92 Å². The highest BCUT2D eigenvalue weighted by atomic mass is 32.1. The van der Waals surface area contributed by atoms with E-state index in [1.807, 2.05) is 18.3 Å². The molecule has 0 amide bonds. The molecule has 0 aliphatic carbocycles. The summed E-state index contributed by atoms with van der Waals surface area (Å²) >= 11 is 3.61. The molecule has 0 aliphatic heterocycles. The van der Waals surface area contributed by atoms with Crippen molar-refractivity contribution in [3.63, 3.8) is 0 Å². The van der Waals surface area contributed by atoms with E-state index in [-0.39, 0.29) is 0 Å². The second-order valence-electron chi connectivity index (χ2n) is 4.12. The van der Waals surface area contributed by atoms with Crippen molar-refractivity contribution in [2.75, 3.05) is 0 Å². The number of aromatic nitrogens is 1. The van der Waals surface area contributed by atoms with Gasteiger partial charge in [-0.3, -0.25) is 0 Å². The average molecular weight is 266 g/mol. The van der Waals surface area contributed by atoms with E-state index in [4.69, 9.17) is 0 Å². The van der Waals surface area contributed by atoms with E-state index in [1.165, 1.54) is 9.75 Å². The molecule has 2 aromatic rings. The quantitative estimate of drug-likeness (QED) is 0.887. The molecule has 2 heterocycles. The third-order valence-electron chi connectivity index (χ3n) is 2.73. The summed E-state index contributed by atoms with van der Waals surface area (Å²) in [4.78, 5) is 7.36. The number of thiazole rings is 1. The number of aryl methyl sites for hydroxylation is 2. The van der Waals surface area contributed by atoms with Gasteiger partial charge in [-0.05, 0) is 32.4 Å². The van der Waals surface area contributed by atoms with E-state index >= 15 is 0 Å². The van der Waals surface area contributed by atoms with E-state index in [9.17, 15) is 0 Å². The number of rotatable bonds is 5. The van der Waals surface area contributed by atoms with Crippen molar-refractivity contribution in [3.05, 3.63) is 38.0 Å². The first-order chi connectivity index (χ1) is 8.19. The van der Waals surface area contributed by atoms with Gasteiger partial charge < -0.3 is 5.32 Å². The minimum Gasteiger partial charge on any atom is -0.304 e. The van der Waals surface area contributed by atoms with Gasteiger partial charge in [0, 0.05) is 27.7 Å². The van der Waals surface area contributed by atoms with Gasteiger partial charge in [-0.25, -0.2) is 4.98 Å². The predicted molar refractivity (Wildman–Crippen MR) is 75.8 cm³/mol. The number of hydrogen-bond acceptors (Lipinski definition) is 4. The molecule has 0 bridgehead atoms. The van der Waals surface area contributed by atoms with Crippen LogP contribution in [0.5, 0.6) is 0 Å². The van der Waals surface area contributed by atoms with Gasteiger partial charge in [0.05, 0.1) is 10.7 Å². The van der Waals surface area contributed by atoms with Gasteiger partial charge in [0.2, 0.25) is 0 Å². The van der Waals surface area contributed by atoms with E-state index in [0.717, 1.165) is 23.7 Å². The van der Waals surface area contributed by atoms with E-state index < -0.39 is 0 Å². The van der Waals surface area contributed by atoms with Crippen molar-refractivity contribution in [3.8, 4) is 0 Å². The van der Waals surface area contributed by atoms with Gasteiger partial charge in [0.1, 0.15) is 0 Å². The van der Waals surface area contributed by atoms with Crippen LogP contribution < -0.4 is 5.32 Å². The lowest BCUT2D eigenvalue weighted by atomic mass is 10.2. The molecule has 0 spiro atoms. The topological polar surface area (TPSA) is 24.9 Å². The molecule has 0 saturated heterocycles. The van der Waals surface area contributed by atoms with Crippen LogP contribution in [-0.2, 0) is 13.0 Å². The number of nitrogens with one attached hydrogen (secondary N) is 1. The van der Waals surface area contributed by atoms with Gasteiger partial charge in [-0.2, -0.15) is 0 Å². The minimum atomic E-state index is 0.326. The Hall–Kier alpha value is -0.710. The number of thiophene rings is 1. The molecule has 0 aromatic carbocycles. The van der Waals surface area contributed by atoms with Crippen LogP contribution in [0.2, 0.25) is 0 Å². The van der Waals surface area contributed by atoms with Gasteiger partial charge >= 0.3 is 0 Å². The standard InChI is InChI=1S/C13H18N2S2/c1-4-11-5-6-12(17-11)7-14-9(2)13-8-16-10(3)15-13/h5-6,8-9,14H,4,7H2,1-3H3. The number of nitrogens with zero attached hydrogens (tertiary/aromatic N) is 1. The fraction of sp³-hybridized carbons (Fsp3) is 0.462. The Bertz CT molecular complexity index is 473. The lowest BCUT2D eigenvalue weighted by molar-refractivity contribution is 0.567. The summed E-state index contributed by atoms with van der Waals surface area (Å²) in [5.74, 6) is 0. The van der Waals surface area contributed by atoms with Crippen LogP contribution in [0.4, 0.5) is 0 Å². The SMILES string of the molecule is CCc1ccc(CNC(C)c2csc(C)n2)s1. The van der Waals surface area contributed by atoms with Crippen LogP contribution in [0.3, 0.4) is 0 Å². The van der Waals surface area contributed by atoms with Crippen molar-refractivity contribution in [1.29, 1.82) is 0 Å². The molecule has 2 nitrogen and oxygen atoms in total. The Morgan fingerprint density at radius 2 is 2.12 bits per heavy atom. The molecule has 1 unspecified atom stereocenters. The van der Waals surface area contributed by atoms with Crippen molar-refractivity contribution in [2.24, 2.45) is 0 Å². The Kier molecular flexibility index (Phi) is 4.31. The third-order valence-corrected chi connectivity index (χ3v) is 4.75. The molecule has 0 fully saturated rings. The van der Waals surface area contributed by atoms with Gasteiger partial charge in [0.15, 0.2) is 0 Å². The maximum Gasteiger partial charge on any atom is 0.0898 e. The van der Waals surface area contributed by atoms with Crippen LogP contribution in [-0.4, -0.2) is 4.98 Å². The predicted octanol–water partition coefficient (Wildman–Crippen LogP) is 3.93. The molecular weight excluding hydrogens is 248 g/mol. The van der Waals surface area contributed by atoms with E-state index in [2.05, 4.69) is 41.7 Å². The first-order valence-corrected chi connectivity index (χ1v) is 7.61. The normalized spacial score (nSPS) is 12.9.